The zero-order valence-electron chi connectivity index (χ0n) is 10.1. The first-order chi connectivity index (χ1) is 9.08. The summed E-state index contributed by atoms with van der Waals surface area (Å²) in [6, 6.07) is 3.49. The number of carbonyl (C=O) groups is 1. The lowest BCUT2D eigenvalue weighted by Gasteiger charge is -2.02. The molecule has 0 atom stereocenters. The van der Waals surface area contributed by atoms with E-state index in [9.17, 15) is 4.79 Å². The Balaban J connectivity index is 2.44. The first-order valence-electron chi connectivity index (χ1n) is 5.57. The van der Waals surface area contributed by atoms with Gasteiger partial charge in [-0.25, -0.2) is 9.97 Å². The van der Waals surface area contributed by atoms with Gasteiger partial charge >= 0.3 is 0 Å². The van der Waals surface area contributed by atoms with E-state index >= 15 is 0 Å². The summed E-state index contributed by atoms with van der Waals surface area (Å²) in [6.07, 6.45) is 3.08. The molecule has 1 amide bonds. The lowest BCUT2D eigenvalue weighted by Crippen LogP contribution is -2.11. The number of carbonyl (C=O) groups excluding carboxylic acids is 1. The summed E-state index contributed by atoms with van der Waals surface area (Å²) in [6.45, 7) is 1.72. The van der Waals surface area contributed by atoms with Crippen molar-refractivity contribution in [2.24, 2.45) is 5.73 Å². The van der Waals surface area contributed by atoms with Crippen molar-refractivity contribution in [3.8, 4) is 5.88 Å². The fraction of sp³-hybridized carbons (Fsp3) is 0.0833. The maximum atomic E-state index is 11.5. The molecule has 0 radical (unpaired) electrons. The van der Waals surface area contributed by atoms with Gasteiger partial charge < -0.3 is 15.9 Å². The van der Waals surface area contributed by atoms with Crippen LogP contribution in [0.3, 0.4) is 0 Å². The Morgan fingerprint density at radius 3 is 2.84 bits per heavy atom. The lowest BCUT2D eigenvalue weighted by atomic mass is 10.2. The topological polar surface area (TPSA) is 113 Å². The second kappa shape index (κ2) is 3.84. The van der Waals surface area contributed by atoms with E-state index in [2.05, 4.69) is 9.97 Å². The third kappa shape index (κ3) is 1.63. The van der Waals surface area contributed by atoms with Crippen molar-refractivity contribution < 1.29 is 9.21 Å². The van der Waals surface area contributed by atoms with Gasteiger partial charge in [-0.05, 0) is 13.0 Å². The molecule has 0 aliphatic heterocycles. The summed E-state index contributed by atoms with van der Waals surface area (Å²) in [7, 11) is 0. The van der Waals surface area contributed by atoms with Gasteiger partial charge in [0.15, 0.2) is 5.65 Å². The van der Waals surface area contributed by atoms with Crippen LogP contribution in [0.25, 0.3) is 16.9 Å². The van der Waals surface area contributed by atoms with E-state index in [0.29, 0.717) is 22.7 Å². The Kier molecular flexibility index (Phi) is 2.28. The zero-order valence-corrected chi connectivity index (χ0v) is 10.1. The van der Waals surface area contributed by atoms with Crippen LogP contribution >= 0.6 is 0 Å². The zero-order chi connectivity index (χ0) is 13.6. The molecule has 7 nitrogen and oxygen atoms in total. The van der Waals surface area contributed by atoms with Gasteiger partial charge in [-0.3, -0.25) is 9.36 Å². The minimum atomic E-state index is -0.588. The first-order valence-corrected chi connectivity index (χ1v) is 5.57. The highest BCUT2D eigenvalue weighted by Gasteiger charge is 2.19. The molecule has 0 bridgehead atoms. The van der Waals surface area contributed by atoms with E-state index in [4.69, 9.17) is 15.9 Å². The van der Waals surface area contributed by atoms with Crippen molar-refractivity contribution in [3.63, 3.8) is 0 Å². The van der Waals surface area contributed by atoms with Gasteiger partial charge in [0.2, 0.25) is 5.88 Å². The predicted molar refractivity (Wildman–Crippen MR) is 68.8 cm³/mol. The molecule has 3 rings (SSSR count). The van der Waals surface area contributed by atoms with Crippen LogP contribution in [-0.4, -0.2) is 20.4 Å². The number of furan rings is 1. The number of aryl methyl sites for hydroxylation is 1. The van der Waals surface area contributed by atoms with Crippen LogP contribution in [0.15, 0.2) is 29.0 Å². The Morgan fingerprint density at radius 1 is 1.42 bits per heavy atom. The molecule has 0 spiro atoms. The normalized spacial score (nSPS) is 11.0. The lowest BCUT2D eigenvalue weighted by molar-refractivity contribution is 0.100. The number of nitrogens with two attached hydrogens (primary N) is 2. The number of hydrogen-bond acceptors (Lipinski definition) is 5. The molecule has 4 N–H and O–H groups in total. The van der Waals surface area contributed by atoms with Crippen molar-refractivity contribution >= 4 is 22.8 Å². The summed E-state index contributed by atoms with van der Waals surface area (Å²) >= 11 is 0. The average molecular weight is 257 g/mol. The fourth-order valence-corrected chi connectivity index (χ4v) is 2.03. The van der Waals surface area contributed by atoms with E-state index in [1.54, 1.807) is 29.8 Å². The Hall–Kier alpha value is -2.83. The maximum Gasteiger partial charge on any atom is 0.251 e. The molecule has 7 heteroatoms. The Bertz CT molecular complexity index is 773. The minimum Gasteiger partial charge on any atom is -0.448 e. The molecular weight excluding hydrogens is 246 g/mol. The van der Waals surface area contributed by atoms with E-state index in [0.717, 1.165) is 0 Å². The standard InChI is InChI=1S/C12H11N5O2/c1-6-15-10(13)9-7(11(14)18)5-17(12(9)16-6)8-3-2-4-19-8/h2-5H,1H3,(H2,14,18)(H2,13,15,16). The maximum absolute atomic E-state index is 11.5. The van der Waals surface area contributed by atoms with Crippen LogP contribution in [0, 0.1) is 6.92 Å². The molecule has 3 heterocycles. The molecule has 0 fully saturated rings. The largest absolute Gasteiger partial charge is 0.448 e. The second-order valence-corrected chi connectivity index (χ2v) is 4.08. The van der Waals surface area contributed by atoms with E-state index in [1.165, 1.54) is 6.26 Å². The number of hydrogen-bond donors (Lipinski definition) is 2. The van der Waals surface area contributed by atoms with Gasteiger partial charge in [0.1, 0.15) is 11.6 Å². The first kappa shape index (κ1) is 11.3. The number of aromatic nitrogens is 3. The molecule has 0 unspecified atom stereocenters. The van der Waals surface area contributed by atoms with Gasteiger partial charge in [-0.15, -0.1) is 0 Å². The van der Waals surface area contributed by atoms with Crippen LogP contribution in [0.1, 0.15) is 16.2 Å². The SMILES string of the molecule is Cc1nc(N)c2c(C(N)=O)cn(-c3ccco3)c2n1. The summed E-state index contributed by atoms with van der Waals surface area (Å²) in [4.78, 5) is 19.9. The van der Waals surface area contributed by atoms with Gasteiger partial charge in [0.05, 0.1) is 17.2 Å². The number of amides is 1. The number of primary amides is 1. The van der Waals surface area contributed by atoms with Gasteiger partial charge in [0, 0.05) is 12.3 Å². The quantitative estimate of drug-likeness (QED) is 0.711. The van der Waals surface area contributed by atoms with Crippen molar-refractivity contribution in [1.29, 1.82) is 0 Å². The molecule has 0 aromatic carbocycles. The molecule has 3 aromatic rings. The molecular formula is C12H11N5O2. The van der Waals surface area contributed by atoms with E-state index in [-0.39, 0.29) is 11.4 Å². The van der Waals surface area contributed by atoms with Crippen molar-refractivity contribution in [1.82, 2.24) is 14.5 Å². The Morgan fingerprint density at radius 2 is 2.21 bits per heavy atom. The minimum absolute atomic E-state index is 0.224. The summed E-state index contributed by atoms with van der Waals surface area (Å²) in [5.74, 6) is 0.665. The predicted octanol–water partition coefficient (Wildman–Crippen LogP) is 1.00. The van der Waals surface area contributed by atoms with Crippen molar-refractivity contribution in [2.75, 3.05) is 5.73 Å². The van der Waals surface area contributed by atoms with Crippen molar-refractivity contribution in [2.45, 2.75) is 6.92 Å². The highest BCUT2D eigenvalue weighted by atomic mass is 16.3. The molecule has 0 aliphatic rings. The highest BCUT2D eigenvalue weighted by molar-refractivity contribution is 6.09. The number of nitrogens with zero attached hydrogens (tertiary/aromatic N) is 3. The highest BCUT2D eigenvalue weighted by Crippen LogP contribution is 2.27. The molecule has 19 heavy (non-hydrogen) atoms. The van der Waals surface area contributed by atoms with E-state index in [1.807, 2.05) is 0 Å². The summed E-state index contributed by atoms with van der Waals surface area (Å²) in [5, 5.41) is 0.439. The van der Waals surface area contributed by atoms with Crippen molar-refractivity contribution in [3.05, 3.63) is 36.0 Å². The number of nitrogen functional groups attached to an aromatic ring is 1. The number of fused-ring (bicyclic) bond motifs is 1. The van der Waals surface area contributed by atoms with Crippen LogP contribution in [0.5, 0.6) is 0 Å². The van der Waals surface area contributed by atoms with Gasteiger partial charge in [-0.2, -0.15) is 0 Å². The summed E-state index contributed by atoms with van der Waals surface area (Å²) < 4.78 is 6.94. The van der Waals surface area contributed by atoms with Crippen LogP contribution in [0.4, 0.5) is 5.82 Å². The molecule has 0 aliphatic carbocycles. The average Bonchev–Trinajstić information content (AvgIpc) is 2.93. The molecule has 0 saturated heterocycles. The van der Waals surface area contributed by atoms with Gasteiger partial charge in [0.25, 0.3) is 5.91 Å². The van der Waals surface area contributed by atoms with Gasteiger partial charge in [-0.1, -0.05) is 0 Å². The smallest absolute Gasteiger partial charge is 0.251 e. The second-order valence-electron chi connectivity index (χ2n) is 4.08. The monoisotopic (exact) mass is 257 g/mol. The molecule has 0 saturated carbocycles. The third-order valence-corrected chi connectivity index (χ3v) is 2.79. The fourth-order valence-electron chi connectivity index (χ4n) is 2.03. The summed E-state index contributed by atoms with van der Waals surface area (Å²) in [5.41, 5.74) is 12.0. The number of rotatable bonds is 2. The van der Waals surface area contributed by atoms with Crippen LogP contribution < -0.4 is 11.5 Å². The molecule has 3 aromatic heterocycles. The number of anilines is 1. The van der Waals surface area contributed by atoms with Crippen LogP contribution in [0.2, 0.25) is 0 Å². The molecule has 96 valence electrons. The third-order valence-electron chi connectivity index (χ3n) is 2.79. The van der Waals surface area contributed by atoms with E-state index < -0.39 is 5.91 Å². The Labute approximate surface area is 107 Å². The van der Waals surface area contributed by atoms with Crippen LogP contribution in [-0.2, 0) is 0 Å².